The fraction of sp³-hybridized carbons (Fsp3) is 0.286. The summed E-state index contributed by atoms with van der Waals surface area (Å²) in [7, 11) is 1.89. The second kappa shape index (κ2) is 5.33. The first-order chi connectivity index (χ1) is 10.1. The minimum absolute atomic E-state index is 0.217. The average molecular weight is 302 g/mol. The molecule has 0 aliphatic carbocycles. The number of amides is 2. The number of hydrogen-bond acceptors (Lipinski definition) is 5. The molecule has 7 heteroatoms. The highest BCUT2D eigenvalue weighted by atomic mass is 32.2. The van der Waals surface area contributed by atoms with Crippen LogP contribution in [0.1, 0.15) is 26.5 Å². The molecule has 1 aromatic carbocycles. The van der Waals surface area contributed by atoms with Crippen LogP contribution in [0.25, 0.3) is 0 Å². The number of aromatic nitrogens is 3. The zero-order valence-electron chi connectivity index (χ0n) is 11.7. The number of benzene rings is 1. The van der Waals surface area contributed by atoms with Gasteiger partial charge in [0.15, 0.2) is 5.16 Å². The molecule has 6 nitrogen and oxygen atoms in total. The monoisotopic (exact) mass is 302 g/mol. The molecule has 1 aliphatic rings. The Morgan fingerprint density at radius 3 is 2.24 bits per heavy atom. The van der Waals surface area contributed by atoms with Crippen LogP contribution in [0.4, 0.5) is 0 Å². The maximum atomic E-state index is 12.2. The summed E-state index contributed by atoms with van der Waals surface area (Å²) < 4.78 is 1.88. The standard InChI is InChI=1S/C14H14N4O2S/c1-9-15-16-14(17(9)2)21-8-7-18-12(19)10-5-3-4-6-11(10)13(18)20/h3-6H,7-8H2,1-2H3. The van der Waals surface area contributed by atoms with E-state index in [0.29, 0.717) is 23.4 Å². The van der Waals surface area contributed by atoms with E-state index < -0.39 is 0 Å². The van der Waals surface area contributed by atoms with Crippen molar-refractivity contribution in [2.24, 2.45) is 7.05 Å². The van der Waals surface area contributed by atoms with Gasteiger partial charge in [0, 0.05) is 19.3 Å². The number of aryl methyl sites for hydroxylation is 1. The number of nitrogens with zero attached hydrogens (tertiary/aromatic N) is 4. The first kappa shape index (κ1) is 13.8. The third kappa shape index (κ3) is 2.33. The summed E-state index contributed by atoms with van der Waals surface area (Å²) in [5.74, 6) is 0.992. The molecule has 0 atom stereocenters. The van der Waals surface area contributed by atoms with E-state index in [4.69, 9.17) is 0 Å². The van der Waals surface area contributed by atoms with E-state index in [-0.39, 0.29) is 11.8 Å². The highest BCUT2D eigenvalue weighted by Gasteiger charge is 2.34. The Morgan fingerprint density at radius 2 is 1.71 bits per heavy atom. The molecule has 1 aromatic heterocycles. The van der Waals surface area contributed by atoms with Gasteiger partial charge in [0.05, 0.1) is 11.1 Å². The summed E-state index contributed by atoms with van der Waals surface area (Å²) in [5, 5.41) is 8.80. The Bertz CT molecular complexity index is 691. The van der Waals surface area contributed by atoms with Gasteiger partial charge in [0.2, 0.25) is 0 Å². The summed E-state index contributed by atoms with van der Waals surface area (Å²) in [6.45, 7) is 2.24. The van der Waals surface area contributed by atoms with Gasteiger partial charge >= 0.3 is 0 Å². The number of imide groups is 1. The Hall–Kier alpha value is -2.15. The fourth-order valence-corrected chi connectivity index (χ4v) is 3.06. The van der Waals surface area contributed by atoms with Gasteiger partial charge < -0.3 is 4.57 Å². The summed E-state index contributed by atoms with van der Waals surface area (Å²) in [4.78, 5) is 25.7. The molecule has 0 fully saturated rings. The lowest BCUT2D eigenvalue weighted by molar-refractivity contribution is 0.0664. The summed E-state index contributed by atoms with van der Waals surface area (Å²) in [6, 6.07) is 6.92. The van der Waals surface area contributed by atoms with Crippen molar-refractivity contribution in [1.29, 1.82) is 0 Å². The van der Waals surface area contributed by atoms with Crippen molar-refractivity contribution in [2.75, 3.05) is 12.3 Å². The molecule has 0 spiro atoms. The molecule has 0 saturated carbocycles. The lowest BCUT2D eigenvalue weighted by atomic mass is 10.1. The molecule has 0 unspecified atom stereocenters. The maximum Gasteiger partial charge on any atom is 0.261 e. The number of rotatable bonds is 4. The predicted octanol–water partition coefficient (Wildman–Crippen LogP) is 1.51. The van der Waals surface area contributed by atoms with Crippen LogP contribution in [0.2, 0.25) is 0 Å². The maximum absolute atomic E-state index is 12.2. The zero-order valence-corrected chi connectivity index (χ0v) is 12.6. The highest BCUT2D eigenvalue weighted by molar-refractivity contribution is 7.99. The molecule has 1 aliphatic heterocycles. The van der Waals surface area contributed by atoms with Crippen molar-refractivity contribution in [3.63, 3.8) is 0 Å². The van der Waals surface area contributed by atoms with E-state index >= 15 is 0 Å². The first-order valence-corrected chi connectivity index (χ1v) is 7.52. The first-order valence-electron chi connectivity index (χ1n) is 6.53. The lowest BCUT2D eigenvalue weighted by Gasteiger charge is -2.12. The number of fused-ring (bicyclic) bond motifs is 1. The molecule has 3 rings (SSSR count). The van der Waals surface area contributed by atoms with E-state index in [9.17, 15) is 9.59 Å². The van der Waals surface area contributed by atoms with E-state index in [1.807, 2.05) is 18.5 Å². The minimum Gasteiger partial charge on any atom is -0.309 e. The molecule has 108 valence electrons. The number of hydrogen-bond donors (Lipinski definition) is 0. The molecular weight excluding hydrogens is 288 g/mol. The van der Waals surface area contributed by atoms with Gasteiger partial charge in [0.25, 0.3) is 11.8 Å². The number of carbonyl (C=O) groups excluding carboxylic acids is 2. The normalized spacial score (nSPS) is 13.9. The molecule has 0 bridgehead atoms. The van der Waals surface area contributed by atoms with Gasteiger partial charge in [-0.25, -0.2) is 0 Å². The summed E-state index contributed by atoms with van der Waals surface area (Å²) in [5.41, 5.74) is 0.976. The molecule has 21 heavy (non-hydrogen) atoms. The minimum atomic E-state index is -0.217. The van der Waals surface area contributed by atoms with E-state index in [0.717, 1.165) is 11.0 Å². The Labute approximate surface area is 126 Å². The van der Waals surface area contributed by atoms with E-state index in [1.165, 1.54) is 16.7 Å². The van der Waals surface area contributed by atoms with Gasteiger partial charge in [-0.2, -0.15) is 0 Å². The molecule has 0 radical (unpaired) electrons. The van der Waals surface area contributed by atoms with Gasteiger partial charge in [0.1, 0.15) is 5.82 Å². The van der Waals surface area contributed by atoms with Crippen molar-refractivity contribution in [3.05, 3.63) is 41.2 Å². The van der Waals surface area contributed by atoms with Crippen molar-refractivity contribution in [1.82, 2.24) is 19.7 Å². The molecule has 0 N–H and O–H groups in total. The van der Waals surface area contributed by atoms with Crippen LogP contribution in [0.5, 0.6) is 0 Å². The molecule has 0 saturated heterocycles. The molecule has 2 heterocycles. The van der Waals surface area contributed by atoms with Gasteiger partial charge in [-0.1, -0.05) is 23.9 Å². The van der Waals surface area contributed by atoms with Crippen molar-refractivity contribution >= 4 is 23.6 Å². The van der Waals surface area contributed by atoms with Crippen molar-refractivity contribution in [2.45, 2.75) is 12.1 Å². The van der Waals surface area contributed by atoms with Crippen LogP contribution in [0.15, 0.2) is 29.4 Å². The third-order valence-corrected chi connectivity index (χ3v) is 4.48. The van der Waals surface area contributed by atoms with Crippen molar-refractivity contribution < 1.29 is 9.59 Å². The summed E-state index contributed by atoms with van der Waals surface area (Å²) in [6.07, 6.45) is 0. The van der Waals surface area contributed by atoms with Gasteiger partial charge in [-0.05, 0) is 19.1 Å². The molecule has 2 aromatic rings. The Balaban J connectivity index is 1.66. The second-order valence-corrected chi connectivity index (χ2v) is 5.81. The van der Waals surface area contributed by atoms with Crippen LogP contribution in [-0.4, -0.2) is 43.8 Å². The predicted molar refractivity (Wildman–Crippen MR) is 78.3 cm³/mol. The lowest BCUT2D eigenvalue weighted by Crippen LogP contribution is -2.31. The van der Waals surface area contributed by atoms with Gasteiger partial charge in [-0.3, -0.25) is 14.5 Å². The SMILES string of the molecule is Cc1nnc(SCCN2C(=O)c3ccccc3C2=O)n1C. The average Bonchev–Trinajstić information content (AvgIpc) is 2.93. The summed E-state index contributed by atoms with van der Waals surface area (Å²) >= 11 is 1.48. The largest absolute Gasteiger partial charge is 0.309 e. The number of carbonyl (C=O) groups is 2. The van der Waals surface area contributed by atoms with E-state index in [1.54, 1.807) is 24.3 Å². The van der Waals surface area contributed by atoms with Crippen molar-refractivity contribution in [3.8, 4) is 0 Å². The highest BCUT2D eigenvalue weighted by Crippen LogP contribution is 2.23. The number of thioether (sulfide) groups is 1. The van der Waals surface area contributed by atoms with Gasteiger partial charge in [-0.15, -0.1) is 10.2 Å². The van der Waals surface area contributed by atoms with E-state index in [2.05, 4.69) is 10.2 Å². The zero-order chi connectivity index (χ0) is 15.0. The molecule has 2 amide bonds. The second-order valence-electron chi connectivity index (χ2n) is 4.74. The molecular formula is C14H14N4O2S. The van der Waals surface area contributed by atoms with Crippen LogP contribution in [0, 0.1) is 6.92 Å². The Kier molecular flexibility index (Phi) is 3.50. The smallest absolute Gasteiger partial charge is 0.261 e. The van der Waals surface area contributed by atoms with Crippen LogP contribution >= 0.6 is 11.8 Å². The fourth-order valence-electron chi connectivity index (χ4n) is 2.18. The quantitative estimate of drug-likeness (QED) is 0.632. The van der Waals surface area contributed by atoms with Crippen LogP contribution in [0.3, 0.4) is 0 Å². The van der Waals surface area contributed by atoms with Crippen LogP contribution < -0.4 is 0 Å². The van der Waals surface area contributed by atoms with Crippen LogP contribution in [-0.2, 0) is 7.05 Å². The Morgan fingerprint density at radius 1 is 1.10 bits per heavy atom. The topological polar surface area (TPSA) is 68.1 Å². The third-order valence-electron chi connectivity index (χ3n) is 3.48.